The molecule has 0 aromatic carbocycles. The molecule has 2 unspecified atom stereocenters. The Morgan fingerprint density at radius 2 is 0.471 bits per heavy atom. The van der Waals surface area contributed by atoms with Crippen molar-refractivity contribution in [2.24, 2.45) is 0 Å². The summed E-state index contributed by atoms with van der Waals surface area (Å²) in [6.45, 7) is 5.02. The van der Waals surface area contributed by atoms with E-state index in [-0.39, 0.29) is 18.5 Å². The molecule has 0 radical (unpaired) electrons. The molecule has 87 heavy (non-hydrogen) atoms. The lowest BCUT2D eigenvalue weighted by Gasteiger charge is -2.22. The molecule has 1 amide bonds. The van der Waals surface area contributed by atoms with Gasteiger partial charge in [0.15, 0.2) is 0 Å². The van der Waals surface area contributed by atoms with E-state index >= 15 is 0 Å². The monoisotopic (exact) mass is 1230 g/mol. The van der Waals surface area contributed by atoms with E-state index in [4.69, 9.17) is 4.74 Å². The second-order valence-corrected chi connectivity index (χ2v) is 28.5. The largest absolute Gasteiger partial charge is 0.466 e. The lowest BCUT2D eigenvalue weighted by Crippen LogP contribution is -2.45. The van der Waals surface area contributed by atoms with Crippen molar-refractivity contribution in [3.05, 3.63) is 0 Å². The average Bonchev–Trinajstić information content (AvgIpc) is 3.53. The summed E-state index contributed by atoms with van der Waals surface area (Å²) < 4.78 is 5.51. The number of carbonyl (C=O) groups is 2. The minimum Gasteiger partial charge on any atom is -0.466 e. The fraction of sp³-hybridized carbons (Fsp3) is 0.975. The molecule has 0 spiro atoms. The highest BCUT2D eigenvalue weighted by atomic mass is 16.5. The molecule has 0 aliphatic carbocycles. The number of nitrogens with one attached hydrogen (secondary N) is 1. The maximum Gasteiger partial charge on any atom is 0.305 e. The van der Waals surface area contributed by atoms with Gasteiger partial charge in [0, 0.05) is 12.8 Å². The second kappa shape index (κ2) is 77.3. The molecule has 0 heterocycles. The average molecular weight is 1230 g/mol. The van der Waals surface area contributed by atoms with E-state index in [2.05, 4.69) is 19.2 Å². The van der Waals surface area contributed by atoms with Gasteiger partial charge >= 0.3 is 5.97 Å². The summed E-state index contributed by atoms with van der Waals surface area (Å²) in [5.74, 6) is 0.00367. The Hall–Kier alpha value is -1.14. The van der Waals surface area contributed by atoms with E-state index in [1.807, 2.05) is 0 Å². The van der Waals surface area contributed by atoms with E-state index in [1.54, 1.807) is 0 Å². The third kappa shape index (κ3) is 73.8. The maximum atomic E-state index is 12.6. The minimum absolute atomic E-state index is 0.0239. The van der Waals surface area contributed by atoms with Gasteiger partial charge in [-0.1, -0.05) is 444 Å². The zero-order valence-electron chi connectivity index (χ0n) is 59.8. The normalized spacial score (nSPS) is 12.4. The second-order valence-electron chi connectivity index (χ2n) is 28.5. The van der Waals surface area contributed by atoms with Crippen LogP contribution in [0.5, 0.6) is 0 Å². The van der Waals surface area contributed by atoms with Crippen molar-refractivity contribution in [1.82, 2.24) is 5.32 Å². The number of aliphatic hydroxyl groups excluding tert-OH is 2. The summed E-state index contributed by atoms with van der Waals surface area (Å²) in [6, 6.07) is -0.537. The number of hydrogen-bond acceptors (Lipinski definition) is 5. The smallest absolute Gasteiger partial charge is 0.305 e. The fourth-order valence-electron chi connectivity index (χ4n) is 13.5. The Morgan fingerprint density at radius 1 is 0.276 bits per heavy atom. The first kappa shape index (κ1) is 85.9. The lowest BCUT2D eigenvalue weighted by atomic mass is 10.0. The highest BCUT2D eigenvalue weighted by Crippen LogP contribution is 2.21. The highest BCUT2D eigenvalue weighted by Gasteiger charge is 2.20. The molecule has 0 rings (SSSR count). The van der Waals surface area contributed by atoms with Gasteiger partial charge in [-0.3, -0.25) is 9.59 Å². The van der Waals surface area contributed by atoms with Crippen LogP contribution < -0.4 is 5.32 Å². The van der Waals surface area contributed by atoms with Gasteiger partial charge in [-0.25, -0.2) is 0 Å². The summed E-state index contributed by atoms with van der Waals surface area (Å²) in [5, 5.41) is 23.4. The van der Waals surface area contributed by atoms with Crippen LogP contribution in [0.15, 0.2) is 0 Å². The molecule has 0 saturated heterocycles. The Labute approximate surface area is 547 Å². The van der Waals surface area contributed by atoms with Crippen molar-refractivity contribution in [2.75, 3.05) is 13.2 Å². The third-order valence-corrected chi connectivity index (χ3v) is 19.7. The van der Waals surface area contributed by atoms with E-state index < -0.39 is 12.1 Å². The van der Waals surface area contributed by atoms with Crippen LogP contribution in [0.3, 0.4) is 0 Å². The van der Waals surface area contributed by atoms with E-state index in [0.29, 0.717) is 25.9 Å². The third-order valence-electron chi connectivity index (χ3n) is 19.7. The van der Waals surface area contributed by atoms with Crippen LogP contribution in [0, 0.1) is 0 Å². The number of amides is 1. The molecule has 0 fully saturated rings. The zero-order valence-corrected chi connectivity index (χ0v) is 59.8. The van der Waals surface area contributed by atoms with Gasteiger partial charge in [-0.15, -0.1) is 0 Å². The SMILES string of the molecule is CCCCCCCCCCCCCCCCCCCCCC(O)C(CO)NC(=O)CCCCCCCCCCCCCCCCCCCCCCCCCCCCCCCCCCCCCOC(=O)CCCCCCCCCCCCCCCCCC. The van der Waals surface area contributed by atoms with Crippen LogP contribution in [0.25, 0.3) is 0 Å². The Bertz CT molecular complexity index is 1280. The number of rotatable bonds is 78. The van der Waals surface area contributed by atoms with Crippen LogP contribution in [0.2, 0.25) is 0 Å². The van der Waals surface area contributed by atoms with Crippen molar-refractivity contribution in [2.45, 2.75) is 495 Å². The molecular formula is C81H161NO5. The molecule has 6 heteroatoms. The van der Waals surface area contributed by atoms with E-state index in [0.717, 1.165) is 38.5 Å². The first-order valence-electron chi connectivity index (χ1n) is 40.8. The molecule has 0 bridgehead atoms. The number of esters is 1. The molecule has 0 aromatic rings. The summed E-state index contributed by atoms with van der Waals surface area (Å²) in [5.41, 5.74) is 0. The van der Waals surface area contributed by atoms with Crippen LogP contribution in [0.4, 0.5) is 0 Å². The van der Waals surface area contributed by atoms with Crippen LogP contribution >= 0.6 is 0 Å². The minimum atomic E-state index is -0.660. The van der Waals surface area contributed by atoms with Gasteiger partial charge in [-0.05, 0) is 25.7 Å². The number of aliphatic hydroxyl groups is 2. The van der Waals surface area contributed by atoms with Gasteiger partial charge in [0.1, 0.15) is 0 Å². The molecular weight excluding hydrogens is 1070 g/mol. The van der Waals surface area contributed by atoms with E-state index in [9.17, 15) is 19.8 Å². The van der Waals surface area contributed by atoms with Gasteiger partial charge in [-0.2, -0.15) is 0 Å². The number of ether oxygens (including phenoxy) is 1. The summed E-state index contributed by atoms with van der Waals surface area (Å²) >= 11 is 0. The van der Waals surface area contributed by atoms with Gasteiger partial charge in [0.2, 0.25) is 5.91 Å². The summed E-state index contributed by atoms with van der Waals surface area (Å²) in [4.78, 5) is 24.7. The Balaban J connectivity index is 3.29. The predicted octanol–water partition coefficient (Wildman–Crippen LogP) is 26.9. The van der Waals surface area contributed by atoms with Crippen molar-refractivity contribution in [1.29, 1.82) is 0 Å². The molecule has 6 nitrogen and oxygen atoms in total. The molecule has 0 aromatic heterocycles. The van der Waals surface area contributed by atoms with Gasteiger partial charge in [0.05, 0.1) is 25.4 Å². The quantitative estimate of drug-likeness (QED) is 0.0417. The van der Waals surface area contributed by atoms with Crippen LogP contribution in [-0.4, -0.2) is 47.4 Å². The molecule has 0 saturated carbocycles. The first-order valence-corrected chi connectivity index (χ1v) is 40.8. The topological polar surface area (TPSA) is 95.9 Å². The predicted molar refractivity (Wildman–Crippen MR) is 384 cm³/mol. The Morgan fingerprint density at radius 3 is 0.701 bits per heavy atom. The molecule has 3 N–H and O–H groups in total. The van der Waals surface area contributed by atoms with Crippen molar-refractivity contribution in [3.8, 4) is 0 Å². The van der Waals surface area contributed by atoms with Gasteiger partial charge in [0.25, 0.3) is 0 Å². The van der Waals surface area contributed by atoms with Crippen molar-refractivity contribution < 1.29 is 24.5 Å². The summed E-state index contributed by atoms with van der Waals surface area (Å²) in [7, 11) is 0. The molecule has 0 aliphatic rings. The zero-order chi connectivity index (χ0) is 62.8. The summed E-state index contributed by atoms with van der Waals surface area (Å²) in [6.07, 6.45) is 96.4. The van der Waals surface area contributed by atoms with Crippen molar-refractivity contribution in [3.63, 3.8) is 0 Å². The fourth-order valence-corrected chi connectivity index (χ4v) is 13.5. The number of unbranched alkanes of at least 4 members (excludes halogenated alkanes) is 67. The van der Waals surface area contributed by atoms with Crippen LogP contribution in [0.1, 0.15) is 483 Å². The highest BCUT2D eigenvalue weighted by molar-refractivity contribution is 5.76. The van der Waals surface area contributed by atoms with E-state index in [1.165, 1.54) is 411 Å². The molecule has 2 atom stereocenters. The first-order chi connectivity index (χ1) is 43.0. The van der Waals surface area contributed by atoms with Crippen molar-refractivity contribution >= 4 is 11.9 Å². The van der Waals surface area contributed by atoms with Crippen LogP contribution in [-0.2, 0) is 14.3 Å². The Kier molecular flexibility index (Phi) is 76.3. The number of carbonyl (C=O) groups excluding carboxylic acids is 2. The molecule has 0 aliphatic heterocycles. The maximum absolute atomic E-state index is 12.6. The number of hydrogen-bond donors (Lipinski definition) is 3. The standard InChI is InChI=1S/C81H161NO5/c1-3-5-7-9-11-13-15-17-19-21-39-42-45-49-53-57-61-65-69-73-79(84)78(77-83)82-80(85)74-70-66-62-58-54-50-46-43-40-37-35-33-31-29-27-25-23-22-24-26-28-30-32-34-36-38-41-44-48-52-56-60-64-68-72-76-87-81(86)75-71-67-63-59-55-51-47-20-18-16-14-12-10-8-6-4-2/h78-79,83-84H,3-77H2,1-2H3,(H,82,85). The molecule has 520 valence electrons. The lowest BCUT2D eigenvalue weighted by molar-refractivity contribution is -0.143. The van der Waals surface area contributed by atoms with Gasteiger partial charge < -0.3 is 20.3 Å².